The Morgan fingerprint density at radius 1 is 1.31 bits per heavy atom. The lowest BCUT2D eigenvalue weighted by Crippen LogP contribution is -2.09. The van der Waals surface area contributed by atoms with Crippen molar-refractivity contribution in [3.63, 3.8) is 0 Å². The number of aromatic nitrogens is 4. The Balaban J connectivity index is 1.53. The van der Waals surface area contributed by atoms with E-state index in [-0.39, 0.29) is 5.97 Å². The van der Waals surface area contributed by atoms with E-state index >= 15 is 0 Å². The van der Waals surface area contributed by atoms with Crippen LogP contribution in [0.15, 0.2) is 36.0 Å². The number of rotatable bonds is 6. The second kappa shape index (κ2) is 7.09. The van der Waals surface area contributed by atoms with Gasteiger partial charge in [0, 0.05) is 18.3 Å². The zero-order valence-corrected chi connectivity index (χ0v) is 15.0. The van der Waals surface area contributed by atoms with E-state index in [0.717, 1.165) is 21.7 Å². The highest BCUT2D eigenvalue weighted by molar-refractivity contribution is 7.17. The molecule has 0 amide bonds. The third-order valence-electron chi connectivity index (χ3n) is 3.96. The van der Waals surface area contributed by atoms with Crippen LogP contribution >= 0.6 is 11.3 Å². The van der Waals surface area contributed by atoms with E-state index in [1.54, 1.807) is 12.3 Å². The fourth-order valence-electron chi connectivity index (χ4n) is 2.79. The van der Waals surface area contributed by atoms with Gasteiger partial charge in [-0.05, 0) is 19.1 Å². The molecule has 26 heavy (non-hydrogen) atoms. The first-order valence-corrected chi connectivity index (χ1v) is 9.21. The van der Waals surface area contributed by atoms with Crippen molar-refractivity contribution in [2.45, 2.75) is 13.3 Å². The van der Waals surface area contributed by atoms with Crippen molar-refractivity contribution in [2.75, 3.05) is 18.5 Å². The molecule has 0 aliphatic rings. The number of nitrogens with zero attached hydrogens (tertiary/aromatic N) is 3. The largest absolute Gasteiger partial charge is 0.462 e. The second-order valence-corrected chi connectivity index (χ2v) is 6.51. The van der Waals surface area contributed by atoms with E-state index < -0.39 is 0 Å². The highest BCUT2D eigenvalue weighted by atomic mass is 32.1. The van der Waals surface area contributed by atoms with Crippen molar-refractivity contribution in [3.05, 3.63) is 47.4 Å². The molecule has 4 rings (SSSR count). The van der Waals surface area contributed by atoms with Gasteiger partial charge in [-0.2, -0.15) is 0 Å². The van der Waals surface area contributed by atoms with Crippen LogP contribution in [0.3, 0.4) is 0 Å². The minimum Gasteiger partial charge on any atom is -0.462 e. The third kappa shape index (κ3) is 3.11. The van der Waals surface area contributed by atoms with Gasteiger partial charge in [-0.1, -0.05) is 12.1 Å². The first-order valence-electron chi connectivity index (χ1n) is 8.33. The molecule has 2 N–H and O–H groups in total. The number of carbonyl (C=O) groups excluding carboxylic acids is 1. The smallest absolute Gasteiger partial charge is 0.339 e. The molecule has 0 saturated heterocycles. The summed E-state index contributed by atoms with van der Waals surface area (Å²) in [6, 6.07) is 7.93. The van der Waals surface area contributed by atoms with Crippen LogP contribution in [0.5, 0.6) is 0 Å². The van der Waals surface area contributed by atoms with E-state index in [0.29, 0.717) is 36.3 Å². The Kier molecular flexibility index (Phi) is 4.49. The number of benzene rings is 1. The van der Waals surface area contributed by atoms with Gasteiger partial charge in [0.15, 0.2) is 0 Å². The number of anilines is 1. The average Bonchev–Trinajstić information content (AvgIpc) is 3.26. The summed E-state index contributed by atoms with van der Waals surface area (Å²) in [4.78, 5) is 29.3. The Morgan fingerprint density at radius 3 is 3.04 bits per heavy atom. The minimum atomic E-state index is -0.353. The molecule has 8 heteroatoms. The lowest BCUT2D eigenvalue weighted by molar-refractivity contribution is 0.0529. The molecule has 0 bridgehead atoms. The molecule has 7 nitrogen and oxygen atoms in total. The maximum atomic E-state index is 12.2. The van der Waals surface area contributed by atoms with Crippen molar-refractivity contribution in [2.24, 2.45) is 0 Å². The Hall–Kier alpha value is -3.00. The quantitative estimate of drug-likeness (QED) is 0.508. The zero-order chi connectivity index (χ0) is 17.9. The van der Waals surface area contributed by atoms with Crippen molar-refractivity contribution >= 4 is 44.4 Å². The van der Waals surface area contributed by atoms with Crippen molar-refractivity contribution in [1.29, 1.82) is 0 Å². The molecule has 0 spiro atoms. The molecule has 0 unspecified atom stereocenters. The molecular formula is C18H17N5O2S. The Labute approximate surface area is 153 Å². The molecule has 0 aliphatic carbocycles. The predicted octanol–water partition coefficient (Wildman–Crippen LogP) is 3.40. The molecule has 1 aromatic carbocycles. The molecular weight excluding hydrogens is 350 g/mol. The van der Waals surface area contributed by atoms with Crippen molar-refractivity contribution in [1.82, 2.24) is 19.9 Å². The lowest BCUT2D eigenvalue weighted by Gasteiger charge is -2.07. The van der Waals surface area contributed by atoms with Gasteiger partial charge >= 0.3 is 5.97 Å². The number of para-hydroxylation sites is 2. The highest BCUT2D eigenvalue weighted by Crippen LogP contribution is 2.29. The number of esters is 1. The maximum Gasteiger partial charge on any atom is 0.339 e. The molecule has 132 valence electrons. The minimum absolute atomic E-state index is 0.332. The number of H-pyrrole nitrogens is 1. The number of nitrogens with one attached hydrogen (secondary N) is 2. The van der Waals surface area contributed by atoms with Crippen LogP contribution in [0.4, 0.5) is 5.82 Å². The highest BCUT2D eigenvalue weighted by Gasteiger charge is 2.18. The number of fused-ring (bicyclic) bond motifs is 2. The van der Waals surface area contributed by atoms with E-state index in [4.69, 9.17) is 4.74 Å². The average molecular weight is 367 g/mol. The summed E-state index contributed by atoms with van der Waals surface area (Å²) in [6.45, 7) is 2.75. The van der Waals surface area contributed by atoms with Gasteiger partial charge < -0.3 is 15.0 Å². The number of thiophene rings is 1. The predicted molar refractivity (Wildman–Crippen MR) is 102 cm³/mol. The fourth-order valence-corrected chi connectivity index (χ4v) is 3.67. The molecule has 0 saturated carbocycles. The van der Waals surface area contributed by atoms with Gasteiger partial charge in [-0.3, -0.25) is 0 Å². The van der Waals surface area contributed by atoms with Crippen LogP contribution in [0.25, 0.3) is 21.3 Å². The Morgan fingerprint density at radius 2 is 2.19 bits per heavy atom. The van der Waals surface area contributed by atoms with Crippen LogP contribution in [0.2, 0.25) is 0 Å². The fraction of sp³-hybridized carbons (Fsp3) is 0.222. The number of carbonyl (C=O) groups is 1. The summed E-state index contributed by atoms with van der Waals surface area (Å²) < 4.78 is 5.13. The SMILES string of the molecule is CCOC(=O)c1csc2ncnc(NCCc3nc4ccccc4[nH]3)c12. The lowest BCUT2D eigenvalue weighted by atomic mass is 10.2. The van der Waals surface area contributed by atoms with Crippen LogP contribution in [0, 0.1) is 0 Å². The van der Waals surface area contributed by atoms with Gasteiger partial charge in [0.1, 0.15) is 22.8 Å². The van der Waals surface area contributed by atoms with Crippen LogP contribution in [0.1, 0.15) is 23.1 Å². The molecule has 0 radical (unpaired) electrons. The van der Waals surface area contributed by atoms with Crippen LogP contribution < -0.4 is 5.32 Å². The van der Waals surface area contributed by atoms with Crippen LogP contribution in [-0.4, -0.2) is 39.1 Å². The van der Waals surface area contributed by atoms with Gasteiger partial charge in [0.05, 0.1) is 28.6 Å². The van der Waals surface area contributed by atoms with E-state index in [9.17, 15) is 4.79 Å². The molecule has 0 atom stereocenters. The third-order valence-corrected chi connectivity index (χ3v) is 4.84. The number of imidazole rings is 1. The number of hydrogen-bond acceptors (Lipinski definition) is 7. The normalized spacial score (nSPS) is 11.1. The summed E-state index contributed by atoms with van der Waals surface area (Å²) in [6.07, 6.45) is 2.20. The summed E-state index contributed by atoms with van der Waals surface area (Å²) in [5.41, 5.74) is 2.47. The number of aromatic amines is 1. The molecule has 4 aromatic rings. The molecule has 0 fully saturated rings. The first kappa shape index (κ1) is 16.5. The molecule has 3 heterocycles. The van der Waals surface area contributed by atoms with Gasteiger partial charge in [-0.25, -0.2) is 19.7 Å². The van der Waals surface area contributed by atoms with Gasteiger partial charge in [0.25, 0.3) is 0 Å². The van der Waals surface area contributed by atoms with E-state index in [2.05, 4.69) is 25.3 Å². The van der Waals surface area contributed by atoms with Gasteiger partial charge in [0.2, 0.25) is 0 Å². The van der Waals surface area contributed by atoms with Gasteiger partial charge in [-0.15, -0.1) is 11.3 Å². The Bertz CT molecular complexity index is 1040. The van der Waals surface area contributed by atoms with E-state index in [1.807, 2.05) is 24.3 Å². The summed E-state index contributed by atoms with van der Waals surface area (Å²) in [5.74, 6) is 1.18. The standard InChI is InChI=1S/C18H17N5O2S/c1-2-25-18(24)11-9-26-17-15(11)16(20-10-21-17)19-8-7-14-22-12-5-3-4-6-13(12)23-14/h3-6,9-10H,2,7-8H2,1H3,(H,22,23)(H,19,20,21). The first-order chi connectivity index (χ1) is 12.8. The molecule has 0 aliphatic heterocycles. The zero-order valence-electron chi connectivity index (χ0n) is 14.2. The number of hydrogen-bond donors (Lipinski definition) is 2. The van der Waals surface area contributed by atoms with Crippen molar-refractivity contribution in [3.8, 4) is 0 Å². The molecule has 3 aromatic heterocycles. The van der Waals surface area contributed by atoms with E-state index in [1.165, 1.54) is 17.7 Å². The topological polar surface area (TPSA) is 92.8 Å². The number of ether oxygens (including phenoxy) is 1. The maximum absolute atomic E-state index is 12.2. The summed E-state index contributed by atoms with van der Waals surface area (Å²) >= 11 is 1.40. The second-order valence-electron chi connectivity index (χ2n) is 5.65. The summed E-state index contributed by atoms with van der Waals surface area (Å²) in [7, 11) is 0. The van der Waals surface area contributed by atoms with Crippen LogP contribution in [-0.2, 0) is 11.2 Å². The summed E-state index contributed by atoms with van der Waals surface area (Å²) in [5, 5.41) is 5.77. The van der Waals surface area contributed by atoms with Crippen molar-refractivity contribution < 1.29 is 9.53 Å². The monoisotopic (exact) mass is 367 g/mol.